The predicted molar refractivity (Wildman–Crippen MR) is 132 cm³/mol. The van der Waals surface area contributed by atoms with Gasteiger partial charge in [-0.05, 0) is 56.0 Å². The highest BCUT2D eigenvalue weighted by atomic mass is 32.2. The zero-order valence-corrected chi connectivity index (χ0v) is 19.9. The summed E-state index contributed by atoms with van der Waals surface area (Å²) in [7, 11) is -1.31. The molecule has 1 aliphatic rings. The van der Waals surface area contributed by atoms with Crippen LogP contribution >= 0.6 is 0 Å². The first-order valence-electron chi connectivity index (χ1n) is 11.0. The molecule has 2 aromatic carbocycles. The number of fused-ring (bicyclic) bond motifs is 1. The predicted octanol–water partition coefficient (Wildman–Crippen LogP) is 4.22. The molecule has 4 rings (SSSR count). The van der Waals surface area contributed by atoms with Gasteiger partial charge in [0.05, 0.1) is 16.5 Å². The van der Waals surface area contributed by atoms with Crippen molar-refractivity contribution >= 4 is 16.9 Å². The number of rotatable bonds is 6. The number of carbonyl (C=O) groups is 1. The molecule has 1 amide bonds. The van der Waals surface area contributed by atoms with Crippen molar-refractivity contribution in [3.05, 3.63) is 77.5 Å². The van der Waals surface area contributed by atoms with Crippen molar-refractivity contribution in [2.45, 2.75) is 44.5 Å². The lowest BCUT2D eigenvalue weighted by Gasteiger charge is -2.30. The number of nitrogens with zero attached hydrogens (tertiary/aromatic N) is 2. The molecule has 0 fully saturated rings. The van der Waals surface area contributed by atoms with Crippen LogP contribution in [0.2, 0.25) is 0 Å². The van der Waals surface area contributed by atoms with Crippen molar-refractivity contribution in [2.24, 2.45) is 5.73 Å². The molecule has 172 valence electrons. The highest BCUT2D eigenvalue weighted by Crippen LogP contribution is 2.44. The Morgan fingerprint density at radius 2 is 1.76 bits per heavy atom. The standard InChI is InChI=1S/C26H29N3O3S/c1-26(2,3)33(32)29-16-20-15-21(25(27)31)28-24(23(20)22(29)12-13-30)19-11-7-10-18(14-19)17-8-5-4-6-9-17/h4-11,14-15,22,30H,12-13,16H2,1-3H3,(H2,27,31)/t22-,33-/m1/s1. The SMILES string of the molecule is CC(C)(C)[S@@](=O)N1Cc2cc(C(N)=O)nc(-c3cccc(-c4ccccc4)c3)c2[C@H]1CCO. The van der Waals surface area contributed by atoms with Gasteiger partial charge in [0.2, 0.25) is 0 Å². The second-order valence-corrected chi connectivity index (χ2v) is 11.4. The molecule has 0 unspecified atom stereocenters. The molecule has 2 heterocycles. The molecule has 0 saturated heterocycles. The first-order valence-corrected chi connectivity index (χ1v) is 12.1. The van der Waals surface area contributed by atoms with Crippen molar-refractivity contribution in [3.63, 3.8) is 0 Å². The zero-order valence-electron chi connectivity index (χ0n) is 19.1. The summed E-state index contributed by atoms with van der Waals surface area (Å²) in [5.41, 5.74) is 11.2. The maximum Gasteiger partial charge on any atom is 0.267 e. The van der Waals surface area contributed by atoms with Gasteiger partial charge in [-0.1, -0.05) is 48.5 Å². The Labute approximate surface area is 197 Å². The second-order valence-electron chi connectivity index (χ2n) is 9.20. The summed E-state index contributed by atoms with van der Waals surface area (Å²) in [5.74, 6) is -0.604. The summed E-state index contributed by atoms with van der Waals surface area (Å²) < 4.78 is 14.8. The molecule has 0 radical (unpaired) electrons. The Hall–Kier alpha value is -2.87. The lowest BCUT2D eigenvalue weighted by atomic mass is 9.94. The van der Waals surface area contributed by atoms with E-state index in [0.29, 0.717) is 18.7 Å². The molecule has 3 aromatic rings. The highest BCUT2D eigenvalue weighted by Gasteiger charge is 2.40. The molecule has 0 bridgehead atoms. The van der Waals surface area contributed by atoms with Crippen molar-refractivity contribution < 1.29 is 14.1 Å². The van der Waals surface area contributed by atoms with Gasteiger partial charge < -0.3 is 10.8 Å². The molecule has 0 aliphatic carbocycles. The van der Waals surface area contributed by atoms with Crippen molar-refractivity contribution in [1.82, 2.24) is 9.29 Å². The lowest BCUT2D eigenvalue weighted by molar-refractivity contribution is 0.0995. The molecule has 0 spiro atoms. The third kappa shape index (κ3) is 4.62. The topological polar surface area (TPSA) is 96.5 Å². The number of nitrogens with two attached hydrogens (primary N) is 1. The molecule has 2 atom stereocenters. The van der Waals surface area contributed by atoms with E-state index in [9.17, 15) is 14.1 Å². The van der Waals surface area contributed by atoms with E-state index in [2.05, 4.69) is 4.98 Å². The quantitative estimate of drug-likeness (QED) is 0.572. The number of hydrogen-bond acceptors (Lipinski definition) is 4. The highest BCUT2D eigenvalue weighted by molar-refractivity contribution is 7.84. The van der Waals surface area contributed by atoms with Crippen molar-refractivity contribution in [1.29, 1.82) is 0 Å². The second kappa shape index (κ2) is 9.17. The van der Waals surface area contributed by atoms with Crippen LogP contribution in [-0.2, 0) is 17.5 Å². The van der Waals surface area contributed by atoms with Gasteiger partial charge in [-0.2, -0.15) is 0 Å². The maximum atomic E-state index is 13.4. The molecule has 0 saturated carbocycles. The molecule has 7 heteroatoms. The van der Waals surface area contributed by atoms with E-state index in [1.54, 1.807) is 6.07 Å². The van der Waals surface area contributed by atoms with E-state index in [1.165, 1.54) is 0 Å². The molecular weight excluding hydrogens is 434 g/mol. The minimum absolute atomic E-state index is 0.0526. The van der Waals surface area contributed by atoms with Crippen LogP contribution in [-0.4, -0.2) is 35.9 Å². The van der Waals surface area contributed by atoms with Crippen molar-refractivity contribution in [2.75, 3.05) is 6.61 Å². The fourth-order valence-electron chi connectivity index (χ4n) is 4.29. The average molecular weight is 464 g/mol. The Bertz CT molecular complexity index is 1210. The average Bonchev–Trinajstić information content (AvgIpc) is 3.16. The van der Waals surface area contributed by atoms with Gasteiger partial charge in [-0.25, -0.2) is 13.5 Å². The Morgan fingerprint density at radius 3 is 2.39 bits per heavy atom. The zero-order chi connectivity index (χ0) is 23.8. The van der Waals surface area contributed by atoms with Crippen LogP contribution in [0.4, 0.5) is 0 Å². The molecule has 33 heavy (non-hydrogen) atoms. The number of benzene rings is 2. The van der Waals surface area contributed by atoms with E-state index in [4.69, 9.17) is 5.73 Å². The van der Waals surface area contributed by atoms with Crippen LogP contribution in [0, 0.1) is 0 Å². The first kappa shape index (κ1) is 23.3. The summed E-state index contributed by atoms with van der Waals surface area (Å²) in [4.78, 5) is 16.8. The van der Waals surface area contributed by atoms with Gasteiger partial charge in [0, 0.05) is 24.3 Å². The Balaban J connectivity index is 1.90. The summed E-state index contributed by atoms with van der Waals surface area (Å²) in [6, 6.07) is 19.4. The molecule has 3 N–H and O–H groups in total. The van der Waals surface area contributed by atoms with E-state index < -0.39 is 21.6 Å². The molecule has 1 aliphatic heterocycles. The van der Waals surface area contributed by atoms with Gasteiger partial charge in [0.15, 0.2) is 0 Å². The minimum atomic E-state index is -1.31. The fraction of sp³-hybridized carbons (Fsp3) is 0.308. The maximum absolute atomic E-state index is 13.4. The van der Waals surface area contributed by atoms with Gasteiger partial charge >= 0.3 is 0 Å². The summed E-state index contributed by atoms with van der Waals surface area (Å²) >= 11 is 0. The van der Waals surface area contributed by atoms with Crippen molar-refractivity contribution in [3.8, 4) is 22.4 Å². The van der Waals surface area contributed by atoms with Crippen LogP contribution in [0.1, 0.15) is 54.8 Å². The number of pyridine rings is 1. The van der Waals surface area contributed by atoms with Crippen LogP contribution in [0.15, 0.2) is 60.7 Å². The number of aromatic nitrogens is 1. The third-order valence-corrected chi connectivity index (χ3v) is 7.64. The first-order chi connectivity index (χ1) is 15.7. The van der Waals surface area contributed by atoms with Crippen LogP contribution in [0.3, 0.4) is 0 Å². The van der Waals surface area contributed by atoms with Gasteiger partial charge in [0.25, 0.3) is 5.91 Å². The van der Waals surface area contributed by atoms with Crippen LogP contribution < -0.4 is 5.73 Å². The monoisotopic (exact) mass is 463 g/mol. The largest absolute Gasteiger partial charge is 0.396 e. The Kier molecular flexibility index (Phi) is 6.47. The summed E-state index contributed by atoms with van der Waals surface area (Å²) in [6.45, 7) is 6.14. The number of carbonyl (C=O) groups excluding carboxylic acids is 1. The minimum Gasteiger partial charge on any atom is -0.396 e. The van der Waals surface area contributed by atoms with Crippen LogP contribution in [0.5, 0.6) is 0 Å². The number of aliphatic hydroxyl groups excluding tert-OH is 1. The van der Waals surface area contributed by atoms with E-state index >= 15 is 0 Å². The van der Waals surface area contributed by atoms with Gasteiger partial charge in [-0.3, -0.25) is 4.79 Å². The number of primary amides is 1. The smallest absolute Gasteiger partial charge is 0.267 e. The number of hydrogen-bond donors (Lipinski definition) is 2. The van der Waals surface area contributed by atoms with Crippen LogP contribution in [0.25, 0.3) is 22.4 Å². The lowest BCUT2D eigenvalue weighted by Crippen LogP contribution is -2.36. The van der Waals surface area contributed by atoms with E-state index in [1.807, 2.05) is 79.7 Å². The number of amides is 1. The summed E-state index contributed by atoms with van der Waals surface area (Å²) in [5, 5.41) is 9.83. The third-order valence-electron chi connectivity index (χ3n) is 5.79. The molecule has 1 aromatic heterocycles. The van der Waals surface area contributed by atoms with Gasteiger partial charge in [0.1, 0.15) is 16.7 Å². The summed E-state index contributed by atoms with van der Waals surface area (Å²) in [6.07, 6.45) is 0.414. The fourth-order valence-corrected chi connectivity index (χ4v) is 5.69. The van der Waals surface area contributed by atoms with E-state index in [-0.39, 0.29) is 18.3 Å². The van der Waals surface area contributed by atoms with E-state index in [0.717, 1.165) is 27.8 Å². The molecule has 6 nitrogen and oxygen atoms in total. The normalized spacial score (nSPS) is 17.0. The van der Waals surface area contributed by atoms with Gasteiger partial charge in [-0.15, -0.1) is 0 Å². The number of aliphatic hydroxyl groups is 1. The Morgan fingerprint density at radius 1 is 1.09 bits per heavy atom. The molecular formula is C26H29N3O3S.